The van der Waals surface area contributed by atoms with Crippen LogP contribution in [0.4, 0.5) is 0 Å². The molecule has 1 aliphatic rings. The standard InChI is InChI=1S/C10H11NO/c1-2-7-3-4-10-8(5-7)9(11)6-12-10/h2-5,9H,1,6,11H2. The fourth-order valence-electron chi connectivity index (χ4n) is 1.38. The number of benzene rings is 1. The predicted molar refractivity (Wildman–Crippen MR) is 49.0 cm³/mol. The Morgan fingerprint density at radius 1 is 1.58 bits per heavy atom. The van der Waals surface area contributed by atoms with Gasteiger partial charge >= 0.3 is 0 Å². The molecule has 0 fully saturated rings. The number of hydrogen-bond donors (Lipinski definition) is 1. The molecule has 2 nitrogen and oxygen atoms in total. The van der Waals surface area contributed by atoms with Crippen LogP contribution in [0.1, 0.15) is 17.2 Å². The minimum atomic E-state index is 0.0277. The van der Waals surface area contributed by atoms with Crippen LogP contribution in [0.3, 0.4) is 0 Å². The summed E-state index contributed by atoms with van der Waals surface area (Å²) in [4.78, 5) is 0. The summed E-state index contributed by atoms with van der Waals surface area (Å²) in [6.45, 7) is 4.29. The van der Waals surface area contributed by atoms with Gasteiger partial charge in [-0.25, -0.2) is 0 Å². The van der Waals surface area contributed by atoms with Crippen LogP contribution in [-0.2, 0) is 0 Å². The zero-order valence-corrected chi connectivity index (χ0v) is 6.79. The van der Waals surface area contributed by atoms with Crippen molar-refractivity contribution in [3.05, 3.63) is 35.9 Å². The molecule has 0 saturated heterocycles. The van der Waals surface area contributed by atoms with E-state index in [2.05, 4.69) is 6.58 Å². The van der Waals surface area contributed by atoms with Gasteiger partial charge in [0.25, 0.3) is 0 Å². The normalized spacial score (nSPS) is 19.9. The Hall–Kier alpha value is -1.28. The fourth-order valence-corrected chi connectivity index (χ4v) is 1.38. The molecule has 0 amide bonds. The van der Waals surface area contributed by atoms with Crippen LogP contribution in [0.2, 0.25) is 0 Å². The van der Waals surface area contributed by atoms with Crippen LogP contribution in [0.25, 0.3) is 6.08 Å². The van der Waals surface area contributed by atoms with Gasteiger partial charge in [-0.1, -0.05) is 18.7 Å². The maximum absolute atomic E-state index is 5.81. The first-order valence-electron chi connectivity index (χ1n) is 3.96. The van der Waals surface area contributed by atoms with Crippen molar-refractivity contribution in [3.8, 4) is 5.75 Å². The molecule has 1 atom stereocenters. The summed E-state index contributed by atoms with van der Waals surface area (Å²) in [5, 5.41) is 0. The monoisotopic (exact) mass is 161 g/mol. The third-order valence-electron chi connectivity index (χ3n) is 2.09. The highest BCUT2D eigenvalue weighted by Gasteiger charge is 2.19. The Kier molecular flexibility index (Phi) is 1.62. The lowest BCUT2D eigenvalue weighted by Gasteiger charge is -2.01. The van der Waals surface area contributed by atoms with E-state index in [1.165, 1.54) is 0 Å². The molecule has 12 heavy (non-hydrogen) atoms. The van der Waals surface area contributed by atoms with E-state index in [9.17, 15) is 0 Å². The van der Waals surface area contributed by atoms with Crippen LogP contribution in [0, 0.1) is 0 Å². The van der Waals surface area contributed by atoms with Gasteiger partial charge in [0.2, 0.25) is 0 Å². The first kappa shape index (κ1) is 7.37. The molecule has 0 radical (unpaired) electrons. The van der Waals surface area contributed by atoms with Gasteiger partial charge in [-0.05, 0) is 17.7 Å². The maximum atomic E-state index is 5.81. The second-order valence-corrected chi connectivity index (χ2v) is 2.92. The molecule has 1 aromatic rings. The number of nitrogens with two attached hydrogens (primary N) is 1. The van der Waals surface area contributed by atoms with E-state index in [1.54, 1.807) is 0 Å². The van der Waals surface area contributed by atoms with Crippen LogP contribution < -0.4 is 10.5 Å². The van der Waals surface area contributed by atoms with Crippen molar-refractivity contribution < 1.29 is 4.74 Å². The summed E-state index contributed by atoms with van der Waals surface area (Å²) in [7, 11) is 0. The van der Waals surface area contributed by atoms with E-state index in [4.69, 9.17) is 10.5 Å². The summed E-state index contributed by atoms with van der Waals surface area (Å²) in [5.41, 5.74) is 7.99. The minimum absolute atomic E-state index is 0.0277. The van der Waals surface area contributed by atoms with Crippen molar-refractivity contribution in [2.75, 3.05) is 6.61 Å². The van der Waals surface area contributed by atoms with Gasteiger partial charge in [0, 0.05) is 5.56 Å². The average Bonchev–Trinajstić information content (AvgIpc) is 2.47. The van der Waals surface area contributed by atoms with Crippen molar-refractivity contribution in [1.82, 2.24) is 0 Å². The molecule has 2 rings (SSSR count). The minimum Gasteiger partial charge on any atom is -0.491 e. The van der Waals surface area contributed by atoms with Crippen LogP contribution in [-0.4, -0.2) is 6.61 Å². The second kappa shape index (κ2) is 2.64. The van der Waals surface area contributed by atoms with Crippen LogP contribution in [0.5, 0.6) is 5.75 Å². The van der Waals surface area contributed by atoms with Gasteiger partial charge in [-0.2, -0.15) is 0 Å². The topological polar surface area (TPSA) is 35.2 Å². The molecule has 0 aromatic heterocycles. The molecule has 1 heterocycles. The quantitative estimate of drug-likeness (QED) is 0.680. The Balaban J connectivity index is 2.50. The van der Waals surface area contributed by atoms with Gasteiger partial charge in [0.05, 0.1) is 6.04 Å². The summed E-state index contributed by atoms with van der Waals surface area (Å²) < 4.78 is 5.35. The van der Waals surface area contributed by atoms with Crippen LogP contribution in [0.15, 0.2) is 24.8 Å². The molecule has 1 aliphatic heterocycles. The molecule has 1 aromatic carbocycles. The van der Waals surface area contributed by atoms with Crippen molar-refractivity contribution in [3.63, 3.8) is 0 Å². The average molecular weight is 161 g/mol. The Bertz CT molecular complexity index is 320. The zero-order chi connectivity index (χ0) is 8.55. The zero-order valence-electron chi connectivity index (χ0n) is 6.79. The van der Waals surface area contributed by atoms with E-state index in [0.29, 0.717) is 6.61 Å². The smallest absolute Gasteiger partial charge is 0.124 e. The number of fused-ring (bicyclic) bond motifs is 1. The van der Waals surface area contributed by atoms with Gasteiger partial charge in [-0.3, -0.25) is 0 Å². The predicted octanol–water partition coefficient (Wildman–Crippen LogP) is 1.72. The number of rotatable bonds is 1. The lowest BCUT2D eigenvalue weighted by molar-refractivity contribution is 0.333. The lowest BCUT2D eigenvalue weighted by atomic mass is 10.1. The van der Waals surface area contributed by atoms with Gasteiger partial charge in [-0.15, -0.1) is 0 Å². The summed E-state index contributed by atoms with van der Waals surface area (Å²) in [5.74, 6) is 0.910. The van der Waals surface area contributed by atoms with E-state index < -0.39 is 0 Å². The molecule has 0 spiro atoms. The highest BCUT2D eigenvalue weighted by atomic mass is 16.5. The van der Waals surface area contributed by atoms with E-state index >= 15 is 0 Å². The third-order valence-corrected chi connectivity index (χ3v) is 2.09. The van der Waals surface area contributed by atoms with Crippen molar-refractivity contribution in [2.24, 2.45) is 5.73 Å². The van der Waals surface area contributed by atoms with Crippen LogP contribution >= 0.6 is 0 Å². The van der Waals surface area contributed by atoms with Crippen molar-refractivity contribution >= 4 is 6.08 Å². The highest BCUT2D eigenvalue weighted by molar-refractivity contribution is 5.53. The molecule has 0 bridgehead atoms. The van der Waals surface area contributed by atoms with Gasteiger partial charge in [0.1, 0.15) is 12.4 Å². The summed E-state index contributed by atoms with van der Waals surface area (Å²) in [6, 6.07) is 5.98. The molecular formula is C10H11NO. The maximum Gasteiger partial charge on any atom is 0.124 e. The Labute approximate surface area is 71.6 Å². The lowest BCUT2D eigenvalue weighted by Crippen LogP contribution is -2.10. The molecule has 62 valence electrons. The molecule has 1 unspecified atom stereocenters. The Morgan fingerprint density at radius 2 is 2.42 bits per heavy atom. The first-order chi connectivity index (χ1) is 5.81. The molecule has 0 aliphatic carbocycles. The summed E-state index contributed by atoms with van der Waals surface area (Å²) >= 11 is 0. The fraction of sp³-hybridized carbons (Fsp3) is 0.200. The number of hydrogen-bond acceptors (Lipinski definition) is 2. The first-order valence-corrected chi connectivity index (χ1v) is 3.96. The molecule has 2 N–H and O–H groups in total. The highest BCUT2D eigenvalue weighted by Crippen LogP contribution is 2.31. The Morgan fingerprint density at radius 3 is 3.17 bits per heavy atom. The van der Waals surface area contributed by atoms with E-state index in [-0.39, 0.29) is 6.04 Å². The van der Waals surface area contributed by atoms with Gasteiger partial charge < -0.3 is 10.5 Å². The third kappa shape index (κ3) is 1.01. The molecule has 0 saturated carbocycles. The molecular weight excluding hydrogens is 150 g/mol. The van der Waals surface area contributed by atoms with E-state index in [0.717, 1.165) is 16.9 Å². The molecule has 2 heteroatoms. The second-order valence-electron chi connectivity index (χ2n) is 2.92. The number of ether oxygens (including phenoxy) is 1. The SMILES string of the molecule is C=Cc1ccc2c(c1)C(N)CO2. The van der Waals surface area contributed by atoms with Gasteiger partial charge in [0.15, 0.2) is 0 Å². The van der Waals surface area contributed by atoms with E-state index in [1.807, 2.05) is 24.3 Å². The van der Waals surface area contributed by atoms with Crippen molar-refractivity contribution in [2.45, 2.75) is 6.04 Å². The summed E-state index contributed by atoms with van der Waals surface area (Å²) in [6.07, 6.45) is 1.81. The largest absolute Gasteiger partial charge is 0.491 e. The van der Waals surface area contributed by atoms with Crippen molar-refractivity contribution in [1.29, 1.82) is 0 Å².